The molecule has 0 radical (unpaired) electrons. The Morgan fingerprint density at radius 1 is 0.968 bits per heavy atom. The Balaban J connectivity index is 1.55. The van der Waals surface area contributed by atoms with E-state index in [1.165, 1.54) is 19.3 Å². The van der Waals surface area contributed by atoms with Gasteiger partial charge < -0.3 is 15.3 Å². The summed E-state index contributed by atoms with van der Waals surface area (Å²) < 4.78 is 0. The minimum absolute atomic E-state index is 0.0453. The van der Waals surface area contributed by atoms with Crippen LogP contribution < -0.4 is 0 Å². The van der Waals surface area contributed by atoms with Gasteiger partial charge >= 0.3 is 0 Å². The van der Waals surface area contributed by atoms with Crippen LogP contribution in [0.3, 0.4) is 0 Å². The Hall–Kier alpha value is -0.710. The molecule has 0 spiro atoms. The number of aliphatic hydroxyl groups excluding tert-OH is 1. The summed E-state index contributed by atoms with van der Waals surface area (Å²) in [4.78, 5) is 12.1. The first-order valence-electron chi connectivity index (χ1n) is 12.7. The van der Waals surface area contributed by atoms with Crippen LogP contribution in [0.25, 0.3) is 0 Å². The molecule has 0 aromatic heterocycles. The normalized spacial score (nSPS) is 47.6. The zero-order chi connectivity index (χ0) is 22.8. The van der Waals surface area contributed by atoms with Crippen molar-refractivity contribution < 1.29 is 20.1 Å². The summed E-state index contributed by atoms with van der Waals surface area (Å²) in [5.74, 6) is 1.13. The van der Waals surface area contributed by atoms with Crippen LogP contribution in [0, 0.1) is 52.3 Å². The Kier molecular flexibility index (Phi) is 6.02. The van der Waals surface area contributed by atoms with Gasteiger partial charge in [0, 0.05) is 18.8 Å². The smallest absolute Gasteiger partial charge is 0.162 e. The number of carbonyl (C=O) groups excluding carboxylic acids is 1. The highest BCUT2D eigenvalue weighted by molar-refractivity contribution is 5.91. The number of hydrogen-bond donors (Lipinski definition) is 3. The SMILES string of the molecule is CC(C)C(=O)/C=C/[C@@H](C)[C@H]1CC[C@H]2[C@@H]3[C@H](O)C[C@H]4CC(O)(O)CC[C@]4(C)[C@H]3CC[C@]12C. The van der Waals surface area contributed by atoms with Gasteiger partial charge in [0.15, 0.2) is 11.6 Å². The van der Waals surface area contributed by atoms with Crippen LogP contribution in [0.2, 0.25) is 0 Å². The predicted molar refractivity (Wildman–Crippen MR) is 122 cm³/mol. The molecule has 9 atom stereocenters. The van der Waals surface area contributed by atoms with Gasteiger partial charge in [-0.05, 0) is 90.9 Å². The fourth-order valence-electron chi connectivity index (χ4n) is 8.67. The number of hydrogen-bond acceptors (Lipinski definition) is 4. The molecule has 0 aromatic carbocycles. The average molecular weight is 433 g/mol. The molecule has 4 fully saturated rings. The summed E-state index contributed by atoms with van der Waals surface area (Å²) in [7, 11) is 0. The molecule has 0 bridgehead atoms. The van der Waals surface area contributed by atoms with Crippen LogP contribution in [0.4, 0.5) is 0 Å². The highest BCUT2D eigenvalue weighted by atomic mass is 16.5. The minimum Gasteiger partial charge on any atom is -0.393 e. The molecule has 3 N–H and O–H groups in total. The lowest BCUT2D eigenvalue weighted by atomic mass is 9.43. The van der Waals surface area contributed by atoms with E-state index in [0.29, 0.717) is 48.9 Å². The van der Waals surface area contributed by atoms with Crippen molar-refractivity contribution in [2.75, 3.05) is 0 Å². The van der Waals surface area contributed by atoms with Gasteiger partial charge in [0.25, 0.3) is 0 Å². The van der Waals surface area contributed by atoms with Gasteiger partial charge in [-0.3, -0.25) is 4.79 Å². The number of fused-ring (bicyclic) bond motifs is 5. The predicted octanol–water partition coefficient (Wildman–Crippen LogP) is 4.71. The van der Waals surface area contributed by atoms with Gasteiger partial charge in [-0.25, -0.2) is 0 Å². The fourth-order valence-corrected chi connectivity index (χ4v) is 8.67. The summed E-state index contributed by atoms with van der Waals surface area (Å²) in [6, 6.07) is 0. The van der Waals surface area contributed by atoms with Gasteiger partial charge in [0.2, 0.25) is 0 Å². The van der Waals surface area contributed by atoms with E-state index in [0.717, 1.165) is 12.8 Å². The maximum absolute atomic E-state index is 12.1. The molecule has 4 aliphatic carbocycles. The van der Waals surface area contributed by atoms with Gasteiger partial charge in [0.1, 0.15) is 0 Å². The van der Waals surface area contributed by atoms with E-state index in [-0.39, 0.29) is 34.6 Å². The molecule has 0 saturated heterocycles. The lowest BCUT2D eigenvalue weighted by Gasteiger charge is -2.63. The van der Waals surface area contributed by atoms with Crippen LogP contribution in [-0.2, 0) is 4.79 Å². The topological polar surface area (TPSA) is 77.8 Å². The number of carbonyl (C=O) groups is 1. The highest BCUT2D eigenvalue weighted by Crippen LogP contribution is 2.68. The van der Waals surface area contributed by atoms with Crippen molar-refractivity contribution in [1.82, 2.24) is 0 Å². The van der Waals surface area contributed by atoms with Crippen LogP contribution in [0.15, 0.2) is 12.2 Å². The van der Waals surface area contributed by atoms with Crippen molar-refractivity contribution >= 4 is 5.78 Å². The molecule has 31 heavy (non-hydrogen) atoms. The molecule has 0 aliphatic heterocycles. The lowest BCUT2D eigenvalue weighted by molar-refractivity contribution is -0.245. The molecule has 0 aromatic rings. The summed E-state index contributed by atoms with van der Waals surface area (Å²) in [5, 5.41) is 31.9. The molecule has 4 aliphatic rings. The van der Waals surface area contributed by atoms with Crippen molar-refractivity contribution in [2.45, 2.75) is 97.9 Å². The molecular weight excluding hydrogens is 388 g/mol. The van der Waals surface area contributed by atoms with Crippen molar-refractivity contribution in [3.8, 4) is 0 Å². The minimum atomic E-state index is -1.56. The zero-order valence-corrected chi connectivity index (χ0v) is 20.2. The first-order valence-corrected chi connectivity index (χ1v) is 12.7. The second kappa shape index (κ2) is 7.95. The second-order valence-electron chi connectivity index (χ2n) is 12.5. The average Bonchev–Trinajstić information content (AvgIpc) is 3.04. The van der Waals surface area contributed by atoms with E-state index in [4.69, 9.17) is 0 Å². The quantitative estimate of drug-likeness (QED) is 0.444. The Morgan fingerprint density at radius 3 is 2.32 bits per heavy atom. The Morgan fingerprint density at radius 2 is 1.65 bits per heavy atom. The third kappa shape index (κ3) is 3.85. The van der Waals surface area contributed by atoms with E-state index < -0.39 is 5.79 Å². The van der Waals surface area contributed by atoms with Gasteiger partial charge in [-0.2, -0.15) is 0 Å². The summed E-state index contributed by atoms with van der Waals surface area (Å²) >= 11 is 0. The van der Waals surface area contributed by atoms with Crippen LogP contribution >= 0.6 is 0 Å². The van der Waals surface area contributed by atoms with E-state index in [1.807, 2.05) is 13.8 Å². The molecule has 0 heterocycles. The third-order valence-electron chi connectivity index (χ3n) is 10.6. The number of ketones is 1. The van der Waals surface area contributed by atoms with Crippen molar-refractivity contribution in [3.63, 3.8) is 0 Å². The monoisotopic (exact) mass is 432 g/mol. The van der Waals surface area contributed by atoms with Crippen molar-refractivity contribution in [3.05, 3.63) is 12.2 Å². The summed E-state index contributed by atoms with van der Waals surface area (Å²) in [5.41, 5.74) is 0.315. The molecule has 176 valence electrons. The van der Waals surface area contributed by atoms with E-state index >= 15 is 0 Å². The van der Waals surface area contributed by atoms with Crippen LogP contribution in [0.5, 0.6) is 0 Å². The van der Waals surface area contributed by atoms with E-state index in [2.05, 4.69) is 26.8 Å². The third-order valence-corrected chi connectivity index (χ3v) is 10.6. The maximum Gasteiger partial charge on any atom is 0.162 e. The fraction of sp³-hybridized carbons (Fsp3) is 0.889. The van der Waals surface area contributed by atoms with Crippen LogP contribution in [0.1, 0.15) is 86.0 Å². The van der Waals surface area contributed by atoms with Crippen molar-refractivity contribution in [1.29, 1.82) is 0 Å². The lowest BCUT2D eigenvalue weighted by Crippen LogP contribution is -2.60. The number of allylic oxidation sites excluding steroid dienone is 2. The van der Waals surface area contributed by atoms with Crippen LogP contribution in [-0.4, -0.2) is 33.0 Å². The highest BCUT2D eigenvalue weighted by Gasteiger charge is 2.63. The first kappa shape index (κ1) is 23.4. The molecule has 0 unspecified atom stereocenters. The Labute approximate surface area is 188 Å². The molecule has 4 nitrogen and oxygen atoms in total. The van der Waals surface area contributed by atoms with Gasteiger partial charge in [-0.15, -0.1) is 0 Å². The first-order chi connectivity index (χ1) is 14.4. The van der Waals surface area contributed by atoms with E-state index in [1.54, 1.807) is 6.08 Å². The zero-order valence-electron chi connectivity index (χ0n) is 20.2. The summed E-state index contributed by atoms with van der Waals surface area (Å²) in [6.45, 7) is 11.0. The standard InChI is InChI=1S/C27H44O4/c1-16(2)22(28)9-6-17(3)19-7-8-20-24-21(10-11-26(19,20)5)25(4)12-13-27(30,31)15-18(25)14-23(24)29/h6,9,16-21,23-24,29-31H,7-8,10-15H2,1-5H3/b9-6+/t17-,18+,19-,20+,21+,23-,24+,25+,26-/m1/s1. The molecular formula is C27H44O4. The largest absolute Gasteiger partial charge is 0.393 e. The molecule has 4 rings (SSSR count). The van der Waals surface area contributed by atoms with E-state index in [9.17, 15) is 20.1 Å². The second-order valence-corrected chi connectivity index (χ2v) is 12.5. The number of rotatable bonds is 4. The van der Waals surface area contributed by atoms with Crippen molar-refractivity contribution in [2.24, 2.45) is 52.3 Å². The van der Waals surface area contributed by atoms with Gasteiger partial charge in [0.05, 0.1) is 6.10 Å². The molecule has 4 saturated carbocycles. The Bertz CT molecular complexity index is 727. The molecule has 4 heteroatoms. The maximum atomic E-state index is 12.1. The molecule has 0 amide bonds. The summed E-state index contributed by atoms with van der Waals surface area (Å²) in [6.07, 6.45) is 10.7. The van der Waals surface area contributed by atoms with Gasteiger partial charge in [-0.1, -0.05) is 40.7 Å². The number of aliphatic hydroxyl groups is 3.